The van der Waals surface area contributed by atoms with Crippen LogP contribution in [0.3, 0.4) is 0 Å². The van der Waals surface area contributed by atoms with Crippen molar-refractivity contribution in [2.24, 2.45) is 0 Å². The highest BCUT2D eigenvalue weighted by Crippen LogP contribution is 2.54. The molecule has 1 atom stereocenters. The zero-order chi connectivity index (χ0) is 23.0. The van der Waals surface area contributed by atoms with Crippen LogP contribution in [0.5, 0.6) is 0 Å². The maximum atomic E-state index is 12.3. The summed E-state index contributed by atoms with van der Waals surface area (Å²) in [7, 11) is 0. The third-order valence-electron chi connectivity index (χ3n) is 5.65. The molecule has 0 spiro atoms. The van der Waals surface area contributed by atoms with Crippen LogP contribution in [0.2, 0.25) is 0 Å². The number of amides is 1. The summed E-state index contributed by atoms with van der Waals surface area (Å²) in [5.74, 6) is 6.17. The number of carbonyl (C=O) groups is 1. The standard InChI is InChI=1S/C24H20N2O4S3/c1-14(15-5-3-2-4-6-15)30-23(29)25-19-13-31-26-18(19)8-7-17-11-16-12-20(33-21(16)32-17)24(9-10-24)22(27)28/h2-6,11-14,22,27-28H,9-10H2,1H3,(H,25,29). The molecule has 3 heterocycles. The number of ether oxygens (including phenoxy) is 1. The van der Waals surface area contributed by atoms with Crippen molar-refractivity contribution < 1.29 is 19.7 Å². The first-order valence-corrected chi connectivity index (χ1v) is 12.8. The number of anilines is 1. The minimum atomic E-state index is -1.32. The maximum Gasteiger partial charge on any atom is 0.412 e. The molecule has 1 aliphatic rings. The first kappa shape index (κ1) is 22.1. The molecule has 3 N–H and O–H groups in total. The van der Waals surface area contributed by atoms with E-state index in [4.69, 9.17) is 4.74 Å². The summed E-state index contributed by atoms with van der Waals surface area (Å²) in [6.07, 6.45) is -0.645. The van der Waals surface area contributed by atoms with Gasteiger partial charge in [-0.05, 0) is 60.8 Å². The average molecular weight is 497 g/mol. The van der Waals surface area contributed by atoms with E-state index in [9.17, 15) is 15.0 Å². The van der Waals surface area contributed by atoms with Crippen molar-refractivity contribution >= 4 is 55.4 Å². The van der Waals surface area contributed by atoms with Crippen molar-refractivity contribution in [3.63, 3.8) is 0 Å². The summed E-state index contributed by atoms with van der Waals surface area (Å²) < 4.78 is 10.9. The summed E-state index contributed by atoms with van der Waals surface area (Å²) >= 11 is 4.38. The van der Waals surface area contributed by atoms with Crippen LogP contribution < -0.4 is 5.32 Å². The first-order valence-electron chi connectivity index (χ1n) is 10.3. The van der Waals surface area contributed by atoms with Gasteiger partial charge in [0.1, 0.15) is 6.10 Å². The lowest BCUT2D eigenvalue weighted by Gasteiger charge is -2.14. The Kier molecular flexibility index (Phi) is 5.95. The molecule has 0 radical (unpaired) electrons. The van der Waals surface area contributed by atoms with Crippen molar-refractivity contribution in [3.8, 4) is 11.8 Å². The fourth-order valence-corrected chi connectivity index (χ4v) is 6.68. The Morgan fingerprint density at radius 3 is 2.67 bits per heavy atom. The molecule has 1 amide bonds. The van der Waals surface area contributed by atoms with Crippen molar-refractivity contribution in [2.75, 3.05) is 5.32 Å². The largest absolute Gasteiger partial charge is 0.441 e. The van der Waals surface area contributed by atoms with E-state index in [2.05, 4.69) is 21.5 Å². The third kappa shape index (κ3) is 4.53. The summed E-state index contributed by atoms with van der Waals surface area (Å²) in [6.45, 7) is 1.82. The van der Waals surface area contributed by atoms with Crippen LogP contribution in [0.1, 0.15) is 46.9 Å². The lowest BCUT2D eigenvalue weighted by atomic mass is 10.0. The van der Waals surface area contributed by atoms with Crippen molar-refractivity contribution in [3.05, 3.63) is 68.9 Å². The van der Waals surface area contributed by atoms with E-state index in [1.165, 1.54) is 11.5 Å². The van der Waals surface area contributed by atoms with Crippen molar-refractivity contribution in [1.29, 1.82) is 0 Å². The lowest BCUT2D eigenvalue weighted by molar-refractivity contribution is -0.0685. The molecule has 1 aromatic carbocycles. The molecular formula is C24H20N2O4S3. The van der Waals surface area contributed by atoms with Crippen molar-refractivity contribution in [1.82, 2.24) is 4.37 Å². The number of aromatic nitrogens is 1. The van der Waals surface area contributed by atoms with Gasteiger partial charge in [-0.1, -0.05) is 30.3 Å². The monoisotopic (exact) mass is 496 g/mol. The van der Waals surface area contributed by atoms with Gasteiger partial charge in [-0.3, -0.25) is 5.32 Å². The predicted molar refractivity (Wildman–Crippen MR) is 132 cm³/mol. The second kappa shape index (κ2) is 8.89. The summed E-state index contributed by atoms with van der Waals surface area (Å²) in [6, 6.07) is 13.6. The zero-order valence-electron chi connectivity index (χ0n) is 17.6. The van der Waals surface area contributed by atoms with E-state index in [-0.39, 0.29) is 6.10 Å². The molecular weight excluding hydrogens is 476 g/mol. The van der Waals surface area contributed by atoms with Gasteiger partial charge in [0.15, 0.2) is 12.0 Å². The average Bonchev–Trinajstić information content (AvgIpc) is 3.12. The van der Waals surface area contributed by atoms with Crippen LogP contribution in [-0.4, -0.2) is 27.0 Å². The van der Waals surface area contributed by atoms with Gasteiger partial charge in [0.2, 0.25) is 0 Å². The Morgan fingerprint density at radius 2 is 1.97 bits per heavy atom. The number of hydrogen-bond acceptors (Lipinski definition) is 8. The molecule has 9 heteroatoms. The van der Waals surface area contributed by atoms with Gasteiger partial charge >= 0.3 is 6.09 Å². The Labute approximate surface area is 202 Å². The maximum absolute atomic E-state index is 12.3. The molecule has 1 unspecified atom stereocenters. The van der Waals surface area contributed by atoms with Gasteiger partial charge in [-0.15, -0.1) is 22.7 Å². The molecule has 33 heavy (non-hydrogen) atoms. The van der Waals surface area contributed by atoms with Crippen LogP contribution >= 0.6 is 34.2 Å². The number of nitrogens with one attached hydrogen (secondary N) is 1. The van der Waals surface area contributed by atoms with E-state index < -0.39 is 17.8 Å². The van der Waals surface area contributed by atoms with Crippen LogP contribution in [0.25, 0.3) is 9.40 Å². The highest BCUT2D eigenvalue weighted by atomic mass is 32.2. The van der Waals surface area contributed by atoms with Crippen LogP contribution in [0.15, 0.2) is 47.8 Å². The normalized spacial score (nSPS) is 15.2. The topological polar surface area (TPSA) is 91.7 Å². The number of aliphatic hydroxyl groups is 2. The molecule has 1 saturated carbocycles. The van der Waals surface area contributed by atoms with Crippen molar-refractivity contribution in [2.45, 2.75) is 37.6 Å². The number of thiophene rings is 2. The van der Waals surface area contributed by atoms with Gasteiger partial charge in [0, 0.05) is 15.6 Å². The van der Waals surface area contributed by atoms with Gasteiger partial charge in [-0.2, -0.15) is 4.37 Å². The summed E-state index contributed by atoms with van der Waals surface area (Å²) in [5.41, 5.74) is 1.44. The van der Waals surface area contributed by atoms with E-state index in [0.717, 1.165) is 37.6 Å². The van der Waals surface area contributed by atoms with Gasteiger partial charge in [0.25, 0.3) is 0 Å². The molecule has 3 aromatic heterocycles. The summed E-state index contributed by atoms with van der Waals surface area (Å²) in [5, 5.41) is 24.9. The molecule has 0 saturated heterocycles. The molecule has 168 valence electrons. The first-order chi connectivity index (χ1) is 15.9. The number of carbonyl (C=O) groups excluding carboxylic acids is 1. The second-order valence-electron chi connectivity index (χ2n) is 7.90. The van der Waals surface area contributed by atoms with Crippen LogP contribution in [-0.2, 0) is 10.2 Å². The lowest BCUT2D eigenvalue weighted by Crippen LogP contribution is -2.24. The Morgan fingerprint density at radius 1 is 1.18 bits per heavy atom. The highest BCUT2D eigenvalue weighted by molar-refractivity contribution is 7.38. The van der Waals surface area contributed by atoms with E-state index in [0.29, 0.717) is 11.4 Å². The van der Waals surface area contributed by atoms with Gasteiger partial charge < -0.3 is 14.9 Å². The molecule has 0 bridgehead atoms. The molecule has 6 nitrogen and oxygen atoms in total. The number of aliphatic hydroxyl groups excluding tert-OH is 1. The van der Waals surface area contributed by atoms with E-state index in [1.54, 1.807) is 28.1 Å². The summed E-state index contributed by atoms with van der Waals surface area (Å²) in [4.78, 5) is 14.2. The quantitative estimate of drug-likeness (QED) is 0.252. The Hall–Kier alpha value is -2.74. The number of hydrogen-bond donors (Lipinski definition) is 3. The molecule has 0 aliphatic heterocycles. The smallest absolute Gasteiger partial charge is 0.412 e. The number of benzene rings is 1. The molecule has 4 aromatic rings. The fraction of sp³-hybridized carbons (Fsp3) is 0.250. The SMILES string of the molecule is CC(OC(=O)Nc1csnc1C#Cc1cc2cc(C3(C(O)O)CC3)sc2s1)c1ccccc1. The molecule has 1 aliphatic carbocycles. The number of fused-ring (bicyclic) bond motifs is 1. The van der Waals surface area contributed by atoms with Gasteiger partial charge in [0.05, 0.1) is 20.0 Å². The van der Waals surface area contributed by atoms with E-state index in [1.807, 2.05) is 49.4 Å². The van der Waals surface area contributed by atoms with Crippen LogP contribution in [0, 0.1) is 11.8 Å². The van der Waals surface area contributed by atoms with Gasteiger partial charge in [-0.25, -0.2) is 4.79 Å². The fourth-order valence-electron chi connectivity index (χ4n) is 3.54. The van der Waals surface area contributed by atoms with Crippen LogP contribution in [0.4, 0.5) is 10.5 Å². The molecule has 5 rings (SSSR count). The number of nitrogens with zero attached hydrogens (tertiary/aromatic N) is 1. The minimum Gasteiger partial charge on any atom is -0.441 e. The van der Waals surface area contributed by atoms with E-state index >= 15 is 0 Å². The molecule has 1 fully saturated rings. The third-order valence-corrected chi connectivity index (χ3v) is 8.81. The highest BCUT2D eigenvalue weighted by Gasteiger charge is 2.51. The minimum absolute atomic E-state index is 0.377. The predicted octanol–water partition coefficient (Wildman–Crippen LogP) is 5.47. The Bertz CT molecular complexity index is 1330. The zero-order valence-corrected chi connectivity index (χ0v) is 20.0. The number of rotatable bonds is 5. The second-order valence-corrected chi connectivity index (χ2v) is 10.9. The Balaban J connectivity index is 1.27.